The summed E-state index contributed by atoms with van der Waals surface area (Å²) in [7, 11) is 0. The van der Waals surface area contributed by atoms with Gasteiger partial charge >= 0.3 is 5.97 Å². The molecule has 0 bridgehead atoms. The molecule has 0 aromatic heterocycles. The molecular weight excluding hydrogens is 282 g/mol. The minimum Gasteiger partial charge on any atom is -0.478 e. The summed E-state index contributed by atoms with van der Waals surface area (Å²) >= 11 is 5.75. The molecule has 0 atom stereocenters. The van der Waals surface area contributed by atoms with Crippen molar-refractivity contribution in [1.29, 1.82) is 0 Å². The number of primary amides is 1. The smallest absolute Gasteiger partial charge is 0.339 e. The highest BCUT2D eigenvalue weighted by Gasteiger charge is 2.13. The molecule has 0 saturated carbocycles. The molecule has 102 valence electrons. The molecule has 5 nitrogen and oxygen atoms in total. The molecule has 0 aliphatic rings. The summed E-state index contributed by atoms with van der Waals surface area (Å²) in [5.41, 5.74) is 5.37. The Bertz CT molecular complexity index is 685. The average molecular weight is 292 g/mol. The predicted molar refractivity (Wildman–Crippen MR) is 73.4 cm³/mol. The number of carbonyl (C=O) groups excluding carboxylic acids is 1. The van der Waals surface area contributed by atoms with Crippen molar-refractivity contribution in [3.63, 3.8) is 0 Å². The number of halogens is 1. The van der Waals surface area contributed by atoms with E-state index in [4.69, 9.17) is 27.2 Å². The van der Waals surface area contributed by atoms with Gasteiger partial charge < -0.3 is 15.6 Å². The Labute approximate surface area is 119 Å². The first-order valence-electron chi connectivity index (χ1n) is 5.58. The molecule has 1 amide bonds. The fourth-order valence-electron chi connectivity index (χ4n) is 1.60. The molecule has 6 heteroatoms. The summed E-state index contributed by atoms with van der Waals surface area (Å²) < 4.78 is 5.47. The van der Waals surface area contributed by atoms with Crippen LogP contribution in [0, 0.1) is 0 Å². The summed E-state index contributed by atoms with van der Waals surface area (Å²) in [6.45, 7) is 0. The molecule has 2 aromatic carbocycles. The highest BCUT2D eigenvalue weighted by molar-refractivity contribution is 6.31. The van der Waals surface area contributed by atoms with Crippen LogP contribution in [0.1, 0.15) is 20.7 Å². The van der Waals surface area contributed by atoms with E-state index in [0.29, 0.717) is 10.8 Å². The molecule has 0 unspecified atom stereocenters. The fraction of sp³-hybridized carbons (Fsp3) is 0. The van der Waals surface area contributed by atoms with Gasteiger partial charge in [0.05, 0.1) is 0 Å². The van der Waals surface area contributed by atoms with Gasteiger partial charge in [-0.3, -0.25) is 4.79 Å². The van der Waals surface area contributed by atoms with E-state index in [2.05, 4.69) is 0 Å². The second kappa shape index (κ2) is 5.63. The maximum atomic E-state index is 11.1. The van der Waals surface area contributed by atoms with Crippen molar-refractivity contribution in [2.45, 2.75) is 0 Å². The molecule has 0 spiro atoms. The van der Waals surface area contributed by atoms with Crippen molar-refractivity contribution in [3.05, 3.63) is 58.6 Å². The Morgan fingerprint density at radius 2 is 1.90 bits per heavy atom. The largest absolute Gasteiger partial charge is 0.478 e. The molecule has 0 fully saturated rings. The van der Waals surface area contributed by atoms with Crippen LogP contribution < -0.4 is 10.5 Å². The van der Waals surface area contributed by atoms with Crippen LogP contribution in [0.25, 0.3) is 0 Å². The number of carboxylic acids is 1. The van der Waals surface area contributed by atoms with Crippen LogP contribution >= 0.6 is 11.6 Å². The van der Waals surface area contributed by atoms with Crippen LogP contribution in [0.5, 0.6) is 11.5 Å². The van der Waals surface area contributed by atoms with E-state index < -0.39 is 11.9 Å². The number of nitrogens with two attached hydrogens (primary N) is 1. The van der Waals surface area contributed by atoms with Gasteiger partial charge in [-0.1, -0.05) is 17.7 Å². The van der Waals surface area contributed by atoms with E-state index in [0.717, 1.165) is 0 Å². The van der Waals surface area contributed by atoms with Gasteiger partial charge in [0.1, 0.15) is 17.1 Å². The van der Waals surface area contributed by atoms with Gasteiger partial charge in [-0.05, 0) is 36.4 Å². The lowest BCUT2D eigenvalue weighted by atomic mass is 10.2. The number of carboxylic acid groups (broad SMARTS) is 1. The average Bonchev–Trinajstić information content (AvgIpc) is 2.41. The number of ether oxygens (including phenoxy) is 1. The monoisotopic (exact) mass is 291 g/mol. The summed E-state index contributed by atoms with van der Waals surface area (Å²) in [5.74, 6) is -1.31. The van der Waals surface area contributed by atoms with E-state index in [1.54, 1.807) is 12.1 Å². The lowest BCUT2D eigenvalue weighted by molar-refractivity contribution is 0.0694. The minimum atomic E-state index is -1.16. The summed E-state index contributed by atoms with van der Waals surface area (Å²) in [6, 6.07) is 10.4. The van der Waals surface area contributed by atoms with E-state index >= 15 is 0 Å². The Morgan fingerprint density at radius 1 is 1.15 bits per heavy atom. The van der Waals surface area contributed by atoms with E-state index in [-0.39, 0.29) is 16.9 Å². The van der Waals surface area contributed by atoms with Crippen molar-refractivity contribution >= 4 is 23.5 Å². The van der Waals surface area contributed by atoms with Crippen molar-refractivity contribution in [3.8, 4) is 11.5 Å². The maximum Gasteiger partial charge on any atom is 0.339 e. The van der Waals surface area contributed by atoms with Gasteiger partial charge in [-0.2, -0.15) is 0 Å². The van der Waals surface area contributed by atoms with Crippen molar-refractivity contribution in [1.82, 2.24) is 0 Å². The number of benzene rings is 2. The zero-order valence-corrected chi connectivity index (χ0v) is 10.9. The topological polar surface area (TPSA) is 89.6 Å². The fourth-order valence-corrected chi connectivity index (χ4v) is 1.77. The minimum absolute atomic E-state index is 0.0676. The molecule has 0 aliphatic heterocycles. The standard InChI is InChI=1S/C14H10ClNO4/c15-9-4-5-12(11(7-9)14(18)19)20-10-3-1-2-8(6-10)13(16)17/h1-7H,(H2,16,17)(H,18,19). The van der Waals surface area contributed by atoms with E-state index in [9.17, 15) is 9.59 Å². The number of hydrogen-bond acceptors (Lipinski definition) is 3. The molecule has 0 saturated heterocycles. The van der Waals surface area contributed by atoms with E-state index in [1.165, 1.54) is 30.3 Å². The van der Waals surface area contributed by atoms with Gasteiger partial charge in [-0.15, -0.1) is 0 Å². The lowest BCUT2D eigenvalue weighted by Crippen LogP contribution is -2.10. The number of carbonyl (C=O) groups is 2. The Kier molecular flexibility index (Phi) is 3.91. The molecule has 0 aliphatic carbocycles. The molecule has 2 aromatic rings. The van der Waals surface area contributed by atoms with Crippen molar-refractivity contribution in [2.24, 2.45) is 5.73 Å². The quantitative estimate of drug-likeness (QED) is 0.906. The van der Waals surface area contributed by atoms with Gasteiger partial charge in [0.2, 0.25) is 5.91 Å². The van der Waals surface area contributed by atoms with Crippen LogP contribution in [-0.4, -0.2) is 17.0 Å². The summed E-state index contributed by atoms with van der Waals surface area (Å²) in [5, 5.41) is 9.39. The molecule has 20 heavy (non-hydrogen) atoms. The van der Waals surface area contributed by atoms with Gasteiger partial charge in [0, 0.05) is 10.6 Å². The van der Waals surface area contributed by atoms with Crippen molar-refractivity contribution < 1.29 is 19.4 Å². The first-order valence-corrected chi connectivity index (χ1v) is 5.96. The molecule has 2 rings (SSSR count). The highest BCUT2D eigenvalue weighted by Crippen LogP contribution is 2.28. The van der Waals surface area contributed by atoms with Crippen molar-refractivity contribution in [2.75, 3.05) is 0 Å². The van der Waals surface area contributed by atoms with Crippen LogP contribution in [0.3, 0.4) is 0 Å². The van der Waals surface area contributed by atoms with Gasteiger partial charge in [0.15, 0.2) is 0 Å². The second-order valence-electron chi connectivity index (χ2n) is 3.94. The number of hydrogen-bond donors (Lipinski definition) is 2. The molecule has 0 heterocycles. The Hall–Kier alpha value is -2.53. The predicted octanol–water partition coefficient (Wildman–Crippen LogP) is 2.93. The number of aromatic carboxylic acids is 1. The highest BCUT2D eigenvalue weighted by atomic mass is 35.5. The third-order valence-electron chi connectivity index (χ3n) is 2.52. The van der Waals surface area contributed by atoms with Crippen LogP contribution in [0.2, 0.25) is 5.02 Å². The molecule has 3 N–H and O–H groups in total. The number of amides is 1. The van der Waals surface area contributed by atoms with Crippen LogP contribution in [0.15, 0.2) is 42.5 Å². The maximum absolute atomic E-state index is 11.1. The zero-order chi connectivity index (χ0) is 14.7. The second-order valence-corrected chi connectivity index (χ2v) is 4.38. The van der Waals surface area contributed by atoms with E-state index in [1.807, 2.05) is 0 Å². The number of rotatable bonds is 4. The third-order valence-corrected chi connectivity index (χ3v) is 2.75. The van der Waals surface area contributed by atoms with Gasteiger partial charge in [0.25, 0.3) is 0 Å². The molecule has 0 radical (unpaired) electrons. The Balaban J connectivity index is 2.37. The summed E-state index contributed by atoms with van der Waals surface area (Å²) in [4.78, 5) is 22.2. The zero-order valence-electron chi connectivity index (χ0n) is 10.2. The SMILES string of the molecule is NC(=O)c1cccc(Oc2ccc(Cl)cc2C(=O)O)c1. The first kappa shape index (κ1) is 13.9. The lowest BCUT2D eigenvalue weighted by Gasteiger charge is -2.09. The first-order chi connectivity index (χ1) is 9.47. The Morgan fingerprint density at radius 3 is 2.55 bits per heavy atom. The molecular formula is C14H10ClNO4. The van der Waals surface area contributed by atoms with Crippen LogP contribution in [-0.2, 0) is 0 Å². The summed E-state index contributed by atoms with van der Waals surface area (Å²) in [6.07, 6.45) is 0. The third kappa shape index (κ3) is 3.07. The van der Waals surface area contributed by atoms with Crippen LogP contribution in [0.4, 0.5) is 0 Å². The van der Waals surface area contributed by atoms with Gasteiger partial charge in [-0.25, -0.2) is 4.79 Å². The normalized spacial score (nSPS) is 10.1.